The van der Waals surface area contributed by atoms with Crippen LogP contribution >= 0.6 is 0 Å². The van der Waals surface area contributed by atoms with Crippen molar-refractivity contribution in [2.75, 3.05) is 6.54 Å². The Labute approximate surface area is 168 Å². The average Bonchev–Trinajstić information content (AvgIpc) is 3.08. The minimum absolute atomic E-state index is 0.291. The number of amides is 1. The molecule has 29 heavy (non-hydrogen) atoms. The molecule has 1 amide bonds. The Balaban J connectivity index is 1.81. The van der Waals surface area contributed by atoms with Crippen LogP contribution in [0.5, 0.6) is 11.5 Å². The molecule has 2 aromatic rings. The first-order valence-electron chi connectivity index (χ1n) is 9.40. The average molecular weight is 401 g/mol. The summed E-state index contributed by atoms with van der Waals surface area (Å²) >= 11 is 0. The number of aliphatic carboxylic acids is 1. The largest absolute Gasteiger partial charge is 0.480 e. The Morgan fingerprint density at radius 3 is 2.41 bits per heavy atom. The second-order valence-corrected chi connectivity index (χ2v) is 7.98. The minimum Gasteiger partial charge on any atom is -0.480 e. The number of halogens is 1. The highest BCUT2D eigenvalue weighted by atomic mass is 19.1. The van der Waals surface area contributed by atoms with Crippen molar-refractivity contribution >= 4 is 12.1 Å². The molecule has 2 atom stereocenters. The van der Waals surface area contributed by atoms with Crippen LogP contribution in [0.15, 0.2) is 48.5 Å². The quantitative estimate of drug-likeness (QED) is 0.797. The van der Waals surface area contributed by atoms with Crippen LogP contribution in [0, 0.1) is 5.82 Å². The van der Waals surface area contributed by atoms with Gasteiger partial charge in [-0.05, 0) is 69.2 Å². The lowest BCUT2D eigenvalue weighted by molar-refractivity contribution is -0.142. The Hall–Kier alpha value is -3.09. The van der Waals surface area contributed by atoms with E-state index >= 15 is 0 Å². The van der Waals surface area contributed by atoms with Crippen molar-refractivity contribution in [1.82, 2.24) is 4.90 Å². The molecular formula is C22H24FNO5. The lowest BCUT2D eigenvalue weighted by Crippen LogP contribution is -2.45. The van der Waals surface area contributed by atoms with Crippen molar-refractivity contribution < 1.29 is 28.6 Å². The van der Waals surface area contributed by atoms with Crippen LogP contribution in [0.3, 0.4) is 0 Å². The summed E-state index contributed by atoms with van der Waals surface area (Å²) < 4.78 is 24.2. The summed E-state index contributed by atoms with van der Waals surface area (Å²) in [5, 5.41) is 9.78. The zero-order chi connectivity index (χ0) is 21.2. The maximum Gasteiger partial charge on any atom is 0.411 e. The van der Waals surface area contributed by atoms with E-state index in [1.165, 1.54) is 29.2 Å². The third kappa shape index (κ3) is 5.04. The minimum atomic E-state index is -1.08. The smallest absolute Gasteiger partial charge is 0.411 e. The first-order valence-corrected chi connectivity index (χ1v) is 9.40. The molecule has 1 fully saturated rings. The molecule has 1 aliphatic rings. The van der Waals surface area contributed by atoms with Crippen molar-refractivity contribution in [3.63, 3.8) is 0 Å². The fourth-order valence-corrected chi connectivity index (χ4v) is 3.42. The van der Waals surface area contributed by atoms with Gasteiger partial charge in [-0.3, -0.25) is 4.90 Å². The molecule has 0 saturated carbocycles. The van der Waals surface area contributed by atoms with E-state index < -0.39 is 29.6 Å². The fraction of sp³-hybridized carbons (Fsp3) is 0.364. The van der Waals surface area contributed by atoms with Crippen LogP contribution in [-0.2, 0) is 9.53 Å². The summed E-state index contributed by atoms with van der Waals surface area (Å²) in [6.45, 7) is 5.51. The number of benzene rings is 2. The number of carboxylic acid groups (broad SMARTS) is 1. The van der Waals surface area contributed by atoms with E-state index in [-0.39, 0.29) is 5.82 Å². The monoisotopic (exact) mass is 401 g/mol. The lowest BCUT2D eigenvalue weighted by Gasteiger charge is -2.28. The van der Waals surface area contributed by atoms with Crippen molar-refractivity contribution in [1.29, 1.82) is 0 Å². The predicted octanol–water partition coefficient (Wildman–Crippen LogP) is 4.80. The molecule has 0 aliphatic carbocycles. The highest BCUT2D eigenvalue weighted by Gasteiger charge is 2.44. The second kappa shape index (κ2) is 8.11. The predicted molar refractivity (Wildman–Crippen MR) is 105 cm³/mol. The van der Waals surface area contributed by atoms with Crippen LogP contribution in [0.25, 0.3) is 0 Å². The summed E-state index contributed by atoms with van der Waals surface area (Å²) in [4.78, 5) is 25.7. The van der Waals surface area contributed by atoms with E-state index in [1.807, 2.05) is 6.07 Å². The van der Waals surface area contributed by atoms with Gasteiger partial charge >= 0.3 is 12.1 Å². The van der Waals surface area contributed by atoms with Crippen molar-refractivity contribution in [3.8, 4) is 11.5 Å². The number of likely N-dealkylation sites (tertiary alicyclic amines) is 1. The Kier molecular flexibility index (Phi) is 5.77. The van der Waals surface area contributed by atoms with Crippen LogP contribution in [0.4, 0.5) is 9.18 Å². The van der Waals surface area contributed by atoms with Crippen molar-refractivity contribution in [2.45, 2.75) is 44.8 Å². The Morgan fingerprint density at radius 1 is 1.10 bits per heavy atom. The third-order valence-corrected chi connectivity index (χ3v) is 4.61. The van der Waals surface area contributed by atoms with Crippen molar-refractivity contribution in [2.24, 2.45) is 0 Å². The summed E-state index contributed by atoms with van der Waals surface area (Å²) in [6, 6.07) is 11.7. The molecule has 2 aromatic carbocycles. The Bertz CT molecular complexity index is 891. The summed E-state index contributed by atoms with van der Waals surface area (Å²) in [5.74, 6) is -0.849. The van der Waals surface area contributed by atoms with Crippen LogP contribution < -0.4 is 4.74 Å². The molecule has 1 heterocycles. The molecule has 0 aromatic heterocycles. The number of nitrogens with zero attached hydrogens (tertiary/aromatic N) is 1. The number of ether oxygens (including phenoxy) is 2. The van der Waals surface area contributed by atoms with E-state index in [0.717, 1.165) is 5.56 Å². The summed E-state index contributed by atoms with van der Waals surface area (Å²) in [6.07, 6.45) is -0.137. The maximum absolute atomic E-state index is 13.1. The number of hydrogen-bond donors (Lipinski definition) is 1. The maximum atomic E-state index is 13.1. The van der Waals surface area contributed by atoms with Gasteiger partial charge in [-0.1, -0.05) is 12.1 Å². The van der Waals surface area contributed by atoms with Crippen LogP contribution in [0.1, 0.15) is 38.7 Å². The molecule has 3 rings (SSSR count). The number of carbonyl (C=O) groups is 2. The van der Waals surface area contributed by atoms with E-state index in [2.05, 4.69) is 0 Å². The molecule has 0 unspecified atom stereocenters. The van der Waals surface area contributed by atoms with Gasteiger partial charge < -0.3 is 14.6 Å². The molecule has 1 aliphatic heterocycles. The number of carboxylic acids is 1. The second-order valence-electron chi connectivity index (χ2n) is 7.98. The highest BCUT2D eigenvalue weighted by Crippen LogP contribution is 2.36. The van der Waals surface area contributed by atoms with Gasteiger partial charge in [0.2, 0.25) is 0 Å². The zero-order valence-corrected chi connectivity index (χ0v) is 16.6. The lowest BCUT2D eigenvalue weighted by atomic mass is 9.91. The molecule has 7 heteroatoms. The van der Waals surface area contributed by atoms with Crippen molar-refractivity contribution in [3.05, 3.63) is 59.9 Å². The first-order chi connectivity index (χ1) is 13.6. The molecule has 0 bridgehead atoms. The first kappa shape index (κ1) is 20.6. The molecule has 0 radical (unpaired) electrons. The molecule has 154 valence electrons. The van der Waals surface area contributed by atoms with Gasteiger partial charge in [0.1, 0.15) is 29.0 Å². The van der Waals surface area contributed by atoms with E-state index in [9.17, 15) is 19.1 Å². The number of carbonyl (C=O) groups excluding carboxylic acids is 1. The zero-order valence-electron chi connectivity index (χ0n) is 16.6. The van der Waals surface area contributed by atoms with Gasteiger partial charge in [-0.25, -0.2) is 14.0 Å². The summed E-state index contributed by atoms with van der Waals surface area (Å²) in [5.41, 5.74) is 0.0456. The summed E-state index contributed by atoms with van der Waals surface area (Å²) in [7, 11) is 0. The highest BCUT2D eigenvalue weighted by molar-refractivity contribution is 5.82. The van der Waals surface area contributed by atoms with E-state index in [1.54, 1.807) is 39.0 Å². The van der Waals surface area contributed by atoms with Gasteiger partial charge in [0.25, 0.3) is 0 Å². The number of rotatable bonds is 4. The van der Waals surface area contributed by atoms with E-state index in [4.69, 9.17) is 9.47 Å². The standard InChI is InChI=1S/C22H24FNO5/c1-22(2,3)29-21(27)24-12-11-18(19(24)20(25)26)14-5-4-6-17(13-14)28-16-9-7-15(23)8-10-16/h4-10,13,18-19H,11-12H2,1-3H3,(H,25,26)/t18-,19+/m1/s1. The Morgan fingerprint density at radius 2 is 1.79 bits per heavy atom. The normalized spacial score (nSPS) is 19.1. The molecule has 1 saturated heterocycles. The SMILES string of the molecule is CC(C)(C)OC(=O)N1CC[C@H](c2cccc(Oc3ccc(F)cc3)c2)[C@H]1C(=O)O. The molecule has 6 nitrogen and oxygen atoms in total. The van der Waals surface area contributed by atoms with Gasteiger partial charge in [0.15, 0.2) is 0 Å². The van der Waals surface area contributed by atoms with Gasteiger partial charge in [0, 0.05) is 12.5 Å². The topological polar surface area (TPSA) is 76.1 Å². The van der Waals surface area contributed by atoms with Gasteiger partial charge in [-0.15, -0.1) is 0 Å². The van der Waals surface area contributed by atoms with Crippen LogP contribution in [0.2, 0.25) is 0 Å². The molecule has 0 spiro atoms. The molecule has 1 N–H and O–H groups in total. The number of hydrogen-bond acceptors (Lipinski definition) is 4. The van der Waals surface area contributed by atoms with Gasteiger partial charge in [-0.2, -0.15) is 0 Å². The third-order valence-electron chi connectivity index (χ3n) is 4.61. The fourth-order valence-electron chi connectivity index (χ4n) is 3.42. The van der Waals surface area contributed by atoms with E-state index in [0.29, 0.717) is 24.5 Å². The molecular weight excluding hydrogens is 377 g/mol. The van der Waals surface area contributed by atoms with Crippen LogP contribution in [-0.4, -0.2) is 40.3 Å². The van der Waals surface area contributed by atoms with Gasteiger partial charge in [0.05, 0.1) is 0 Å².